The number of amides is 1. The number of nitriles is 1. The van der Waals surface area contributed by atoms with Gasteiger partial charge in [-0.05, 0) is 62.9 Å². The number of benzene rings is 2. The number of carbonyl (C=O) groups excluding carboxylic acids is 1. The number of nitrogens with zero attached hydrogens (tertiary/aromatic N) is 7. The minimum Gasteiger partial charge on any atom is -0.461 e. The number of halogens is 2. The van der Waals surface area contributed by atoms with Crippen molar-refractivity contribution >= 4 is 39.8 Å². The van der Waals surface area contributed by atoms with Gasteiger partial charge >= 0.3 is 6.01 Å². The molecule has 1 unspecified atom stereocenters. The van der Waals surface area contributed by atoms with E-state index in [1.807, 2.05) is 12.1 Å². The largest absolute Gasteiger partial charge is 0.461 e. The van der Waals surface area contributed by atoms with Crippen molar-refractivity contribution < 1.29 is 13.9 Å². The van der Waals surface area contributed by atoms with Crippen molar-refractivity contribution in [3.8, 4) is 12.1 Å². The van der Waals surface area contributed by atoms with Gasteiger partial charge in [-0.25, -0.2) is 4.39 Å². The molecule has 0 bridgehead atoms. The average Bonchev–Trinajstić information content (AvgIpc) is 3.45. The van der Waals surface area contributed by atoms with E-state index in [0.29, 0.717) is 45.3 Å². The van der Waals surface area contributed by atoms with E-state index >= 15 is 0 Å². The summed E-state index contributed by atoms with van der Waals surface area (Å²) in [6, 6.07) is 14.5. The predicted octanol–water partition coefficient (Wildman–Crippen LogP) is 5.80. The molecule has 1 aromatic heterocycles. The molecule has 3 aliphatic rings. The number of carbonyl (C=O) groups is 1. The van der Waals surface area contributed by atoms with Gasteiger partial charge in [0.25, 0.3) is 0 Å². The van der Waals surface area contributed by atoms with E-state index in [4.69, 9.17) is 31.6 Å². The van der Waals surface area contributed by atoms with E-state index in [9.17, 15) is 9.18 Å². The molecule has 1 amide bonds. The summed E-state index contributed by atoms with van der Waals surface area (Å²) < 4.78 is 19.0. The molecule has 244 valence electrons. The van der Waals surface area contributed by atoms with Gasteiger partial charge in [0.15, 0.2) is 0 Å². The molecule has 6 rings (SSSR count). The van der Waals surface area contributed by atoms with Gasteiger partial charge < -0.3 is 19.4 Å². The van der Waals surface area contributed by atoms with E-state index in [2.05, 4.69) is 52.9 Å². The Bertz CT molecular complexity index is 1600. The summed E-state index contributed by atoms with van der Waals surface area (Å²) in [5.41, 5.74) is 3.19. The molecule has 3 aliphatic heterocycles. The number of likely N-dealkylation sites (tertiary alicyclic amines) is 1. The maximum Gasteiger partial charge on any atom is 0.318 e. The monoisotopic (exact) mass is 647 g/mol. The number of rotatable bonds is 8. The molecule has 9 nitrogen and oxygen atoms in total. The number of ether oxygens (including phenoxy) is 1. The lowest BCUT2D eigenvalue weighted by Crippen LogP contribution is -2.49. The Kier molecular flexibility index (Phi) is 11.0. The fourth-order valence-corrected chi connectivity index (χ4v) is 7.13. The van der Waals surface area contributed by atoms with Crippen molar-refractivity contribution in [3.05, 3.63) is 64.8 Å². The summed E-state index contributed by atoms with van der Waals surface area (Å²) in [5.74, 6) is 0.744. The van der Waals surface area contributed by atoms with E-state index in [0.717, 1.165) is 77.3 Å². The maximum absolute atomic E-state index is 12.6. The second-order valence-electron chi connectivity index (χ2n) is 12.0. The van der Waals surface area contributed by atoms with E-state index in [1.54, 1.807) is 11.0 Å². The first-order valence-electron chi connectivity index (χ1n) is 16.1. The third kappa shape index (κ3) is 7.06. The maximum atomic E-state index is 12.6. The summed E-state index contributed by atoms with van der Waals surface area (Å²) in [5, 5.41) is 10.2. The highest BCUT2D eigenvalue weighted by molar-refractivity contribution is 6.36. The van der Waals surface area contributed by atoms with Gasteiger partial charge in [-0.3, -0.25) is 9.69 Å². The molecule has 0 spiro atoms. The third-order valence-corrected chi connectivity index (χ3v) is 9.82. The second-order valence-corrected chi connectivity index (χ2v) is 12.4. The highest BCUT2D eigenvalue weighted by atomic mass is 35.5. The number of aromatic nitrogens is 2. The summed E-state index contributed by atoms with van der Waals surface area (Å²) in [6.07, 6.45) is 6.64. The molecule has 0 radical (unpaired) electrons. The summed E-state index contributed by atoms with van der Waals surface area (Å²) in [4.78, 5) is 31.3. The van der Waals surface area contributed by atoms with Crippen LogP contribution in [0.25, 0.3) is 10.8 Å². The second kappa shape index (κ2) is 15.1. The van der Waals surface area contributed by atoms with Gasteiger partial charge in [-0.1, -0.05) is 42.8 Å². The van der Waals surface area contributed by atoms with Crippen molar-refractivity contribution in [2.45, 2.75) is 51.6 Å². The standard InChI is InChI=1S/C33H40ClFN6O2.C2H3N/c1-3-33(14-7-16-38(33)2)23-43-32-36-27-22-41(28-11-5-9-24-8-4-10-26(34)30(24)28)17-13-25(27)31(37-32)40-20-18-39(19-21-40)29(42)12-6-15-35;1-2-3/h4-6,8-12H,3,7,13-23H2,1-2H3;1H3/b12-6+;. The van der Waals surface area contributed by atoms with Gasteiger partial charge in [0.2, 0.25) is 5.91 Å². The topological polar surface area (TPSA) is 88.8 Å². The van der Waals surface area contributed by atoms with Gasteiger partial charge in [-0.2, -0.15) is 15.2 Å². The normalized spacial score (nSPS) is 20.0. The number of hydrogen-bond acceptors (Lipinski definition) is 8. The van der Waals surface area contributed by atoms with Gasteiger partial charge in [-0.15, -0.1) is 0 Å². The zero-order valence-corrected chi connectivity index (χ0v) is 27.8. The van der Waals surface area contributed by atoms with Crippen LogP contribution in [-0.2, 0) is 17.8 Å². The molecule has 46 heavy (non-hydrogen) atoms. The minimum absolute atomic E-state index is 0.00964. The van der Waals surface area contributed by atoms with Crippen LogP contribution in [0, 0.1) is 11.3 Å². The van der Waals surface area contributed by atoms with Crippen LogP contribution >= 0.6 is 11.6 Å². The number of anilines is 2. The Hall–Kier alpha value is -3.94. The van der Waals surface area contributed by atoms with Crippen LogP contribution in [0.2, 0.25) is 5.02 Å². The molecule has 3 aromatic rings. The Morgan fingerprint density at radius 1 is 1.11 bits per heavy atom. The molecule has 2 saturated heterocycles. The number of fused-ring (bicyclic) bond motifs is 2. The predicted molar refractivity (Wildman–Crippen MR) is 181 cm³/mol. The molecule has 2 fully saturated rings. The van der Waals surface area contributed by atoms with Gasteiger partial charge in [0.1, 0.15) is 19.1 Å². The summed E-state index contributed by atoms with van der Waals surface area (Å²) in [6.45, 7) is 8.44. The van der Waals surface area contributed by atoms with Crippen molar-refractivity contribution in [2.24, 2.45) is 0 Å². The Labute approximate surface area is 276 Å². The van der Waals surface area contributed by atoms with Crippen molar-refractivity contribution in [1.29, 1.82) is 5.26 Å². The van der Waals surface area contributed by atoms with Gasteiger partial charge in [0.05, 0.1) is 28.9 Å². The lowest BCUT2D eigenvalue weighted by atomic mass is 9.94. The SMILES string of the molecule is CC#N.CCC1(COc2nc3c(c(N4CCN(C(=O)/C=C/CF)CC4)n2)CCN(c2cccc4cccc(Cl)c24)C3)CCCN1C. The number of alkyl halides is 1. The number of likely N-dealkylation sites (N-methyl/N-ethyl adjacent to an activating group) is 1. The van der Waals surface area contributed by atoms with E-state index < -0.39 is 6.67 Å². The summed E-state index contributed by atoms with van der Waals surface area (Å²) in [7, 11) is 2.18. The third-order valence-electron chi connectivity index (χ3n) is 9.51. The zero-order chi connectivity index (χ0) is 32.7. The first kappa shape index (κ1) is 33.4. The van der Waals surface area contributed by atoms with Gasteiger partial charge in [0, 0.05) is 62.4 Å². The van der Waals surface area contributed by atoms with Crippen LogP contribution in [-0.4, -0.2) is 90.8 Å². The Morgan fingerprint density at radius 3 is 2.52 bits per heavy atom. The molecule has 0 saturated carbocycles. The van der Waals surface area contributed by atoms with Crippen LogP contribution < -0.4 is 14.5 Å². The lowest BCUT2D eigenvalue weighted by molar-refractivity contribution is -0.126. The number of piperazine rings is 1. The van der Waals surface area contributed by atoms with E-state index in [1.165, 1.54) is 19.1 Å². The molecule has 11 heteroatoms. The smallest absolute Gasteiger partial charge is 0.318 e. The first-order valence-corrected chi connectivity index (χ1v) is 16.4. The Morgan fingerprint density at radius 2 is 1.85 bits per heavy atom. The molecular formula is C35H43ClFN7O2. The van der Waals surface area contributed by atoms with Crippen LogP contribution in [0.4, 0.5) is 15.9 Å². The van der Waals surface area contributed by atoms with Crippen molar-refractivity contribution in [3.63, 3.8) is 0 Å². The lowest BCUT2D eigenvalue weighted by Gasteiger charge is -2.38. The first-order chi connectivity index (χ1) is 22.3. The molecule has 0 N–H and O–H groups in total. The number of hydrogen-bond donors (Lipinski definition) is 0. The van der Waals surface area contributed by atoms with Crippen LogP contribution in [0.5, 0.6) is 6.01 Å². The highest BCUT2D eigenvalue weighted by Crippen LogP contribution is 2.37. The quantitative estimate of drug-likeness (QED) is 0.284. The van der Waals surface area contributed by atoms with Crippen LogP contribution in [0.3, 0.4) is 0 Å². The minimum atomic E-state index is -0.640. The Balaban J connectivity index is 0.00000134. The summed E-state index contributed by atoms with van der Waals surface area (Å²) >= 11 is 6.70. The fourth-order valence-electron chi connectivity index (χ4n) is 6.85. The van der Waals surface area contributed by atoms with Crippen LogP contribution in [0.15, 0.2) is 48.6 Å². The number of allylic oxidation sites excluding steroid dienone is 1. The molecular weight excluding hydrogens is 605 g/mol. The van der Waals surface area contributed by atoms with Crippen molar-refractivity contribution in [1.82, 2.24) is 19.8 Å². The van der Waals surface area contributed by atoms with E-state index in [-0.39, 0.29) is 11.4 Å². The molecule has 2 aromatic carbocycles. The molecule has 4 heterocycles. The van der Waals surface area contributed by atoms with Crippen molar-refractivity contribution in [2.75, 3.05) is 69.4 Å². The van der Waals surface area contributed by atoms with Crippen LogP contribution in [0.1, 0.15) is 44.4 Å². The molecule has 0 aliphatic carbocycles. The zero-order valence-electron chi connectivity index (χ0n) is 27.0. The fraction of sp³-hybridized carbons (Fsp3) is 0.486. The molecule has 1 atom stereocenters. The average molecular weight is 648 g/mol. The highest BCUT2D eigenvalue weighted by Gasteiger charge is 2.38.